The van der Waals surface area contributed by atoms with Crippen LogP contribution in [0.4, 0.5) is 0 Å². The summed E-state index contributed by atoms with van der Waals surface area (Å²) in [6, 6.07) is 5.67. The maximum absolute atomic E-state index is 8.26. The van der Waals surface area contributed by atoms with Crippen LogP contribution in [0.1, 0.15) is 12.1 Å². The lowest BCUT2D eigenvalue weighted by atomic mass is 10.2. The van der Waals surface area contributed by atoms with Gasteiger partial charge in [0.1, 0.15) is 5.84 Å². The smallest absolute Gasteiger partial charge is 0.139 e. The highest BCUT2D eigenvalue weighted by Crippen LogP contribution is 1.97. The fraction of sp³-hybridized carbons (Fsp3) is 0.250. The second-order valence-corrected chi connectivity index (χ2v) is 2.41. The molecule has 0 spiro atoms. The maximum atomic E-state index is 8.26. The minimum atomic E-state index is 0.237. The van der Waals surface area contributed by atoms with Crippen LogP contribution >= 0.6 is 0 Å². The van der Waals surface area contributed by atoms with Gasteiger partial charge in [-0.15, -0.1) is 0 Å². The molecule has 1 heterocycles. The fourth-order valence-electron chi connectivity index (χ4n) is 0.852. The Morgan fingerprint density at radius 1 is 1.58 bits per heavy atom. The largest absolute Gasteiger partial charge is 0.409 e. The predicted molar refractivity (Wildman–Crippen MR) is 46.0 cm³/mol. The Morgan fingerprint density at radius 2 is 2.42 bits per heavy atom. The molecule has 0 amide bonds. The number of oxime groups is 1. The summed E-state index contributed by atoms with van der Waals surface area (Å²) in [5.74, 6) is 0.237. The highest BCUT2D eigenvalue weighted by Gasteiger charge is 1.95. The fourth-order valence-corrected chi connectivity index (χ4v) is 0.852. The van der Waals surface area contributed by atoms with Crippen LogP contribution in [0.2, 0.25) is 0 Å². The summed E-state index contributed by atoms with van der Waals surface area (Å²) in [4.78, 5) is 4.09. The van der Waals surface area contributed by atoms with Gasteiger partial charge in [-0.3, -0.25) is 4.98 Å². The zero-order valence-corrected chi connectivity index (χ0v) is 6.64. The van der Waals surface area contributed by atoms with Gasteiger partial charge in [-0.1, -0.05) is 11.2 Å². The van der Waals surface area contributed by atoms with Crippen LogP contribution in [-0.2, 0) is 6.42 Å². The summed E-state index contributed by atoms with van der Waals surface area (Å²) < 4.78 is 0. The van der Waals surface area contributed by atoms with Crippen molar-refractivity contribution in [3.8, 4) is 0 Å². The molecule has 0 unspecified atom stereocenters. The first-order valence-corrected chi connectivity index (χ1v) is 3.69. The van der Waals surface area contributed by atoms with Gasteiger partial charge in [-0.05, 0) is 18.6 Å². The summed E-state index contributed by atoms with van der Waals surface area (Å²) in [5, 5.41) is 11.1. The number of rotatable bonds is 3. The van der Waals surface area contributed by atoms with Crippen molar-refractivity contribution in [1.29, 1.82) is 0 Å². The monoisotopic (exact) mass is 165 g/mol. The maximum Gasteiger partial charge on any atom is 0.139 e. The first-order valence-electron chi connectivity index (χ1n) is 3.69. The van der Waals surface area contributed by atoms with Crippen molar-refractivity contribution in [1.82, 2.24) is 4.98 Å². The minimum Gasteiger partial charge on any atom is -0.409 e. The molecule has 1 rings (SSSR count). The van der Waals surface area contributed by atoms with E-state index in [2.05, 4.69) is 10.1 Å². The van der Waals surface area contributed by atoms with Crippen molar-refractivity contribution in [2.24, 2.45) is 10.9 Å². The molecule has 0 atom stereocenters. The molecular formula is C8H11N3O. The molecule has 1 aromatic rings. The van der Waals surface area contributed by atoms with Gasteiger partial charge in [0.05, 0.1) is 0 Å². The topological polar surface area (TPSA) is 71.5 Å². The molecule has 0 aliphatic heterocycles. The second kappa shape index (κ2) is 4.33. The molecule has 0 bridgehead atoms. The molecule has 1 aromatic heterocycles. The number of hydrogen-bond donors (Lipinski definition) is 2. The van der Waals surface area contributed by atoms with Crippen molar-refractivity contribution >= 4 is 5.84 Å². The normalized spacial score (nSPS) is 11.5. The van der Waals surface area contributed by atoms with Gasteiger partial charge in [0.15, 0.2) is 0 Å². The lowest BCUT2D eigenvalue weighted by molar-refractivity contribution is 0.317. The van der Waals surface area contributed by atoms with Gasteiger partial charge in [-0.2, -0.15) is 0 Å². The first kappa shape index (κ1) is 8.52. The number of hydrogen-bond acceptors (Lipinski definition) is 3. The zero-order chi connectivity index (χ0) is 8.81. The Labute approximate surface area is 70.7 Å². The van der Waals surface area contributed by atoms with E-state index in [0.717, 1.165) is 5.69 Å². The summed E-state index contributed by atoms with van der Waals surface area (Å²) in [6.07, 6.45) is 2.96. The lowest BCUT2D eigenvalue weighted by Gasteiger charge is -1.97. The van der Waals surface area contributed by atoms with Crippen molar-refractivity contribution in [2.75, 3.05) is 0 Å². The Morgan fingerprint density at radius 3 is 3.00 bits per heavy atom. The van der Waals surface area contributed by atoms with Crippen molar-refractivity contribution in [2.45, 2.75) is 12.8 Å². The molecule has 12 heavy (non-hydrogen) atoms. The number of nitrogens with zero attached hydrogens (tertiary/aromatic N) is 2. The van der Waals surface area contributed by atoms with Gasteiger partial charge in [0.25, 0.3) is 0 Å². The molecule has 4 heteroatoms. The molecule has 0 fully saturated rings. The average Bonchev–Trinajstić information content (AvgIpc) is 2.16. The Bertz CT molecular complexity index is 258. The molecule has 0 saturated carbocycles. The molecule has 4 nitrogen and oxygen atoms in total. The summed E-state index contributed by atoms with van der Waals surface area (Å²) in [7, 11) is 0. The molecule has 0 aliphatic carbocycles. The number of aromatic nitrogens is 1. The van der Waals surface area contributed by atoms with E-state index >= 15 is 0 Å². The van der Waals surface area contributed by atoms with E-state index in [1.807, 2.05) is 18.2 Å². The molecular weight excluding hydrogens is 154 g/mol. The molecule has 64 valence electrons. The third-order valence-electron chi connectivity index (χ3n) is 1.49. The van der Waals surface area contributed by atoms with E-state index in [-0.39, 0.29) is 5.84 Å². The van der Waals surface area contributed by atoms with Crippen LogP contribution in [0.3, 0.4) is 0 Å². The number of amidine groups is 1. The minimum absolute atomic E-state index is 0.237. The van der Waals surface area contributed by atoms with Crippen LogP contribution in [0, 0.1) is 0 Å². The van der Waals surface area contributed by atoms with Gasteiger partial charge < -0.3 is 10.9 Å². The summed E-state index contributed by atoms with van der Waals surface area (Å²) >= 11 is 0. The van der Waals surface area contributed by atoms with Gasteiger partial charge >= 0.3 is 0 Å². The van der Waals surface area contributed by atoms with Crippen LogP contribution in [-0.4, -0.2) is 16.0 Å². The summed E-state index contributed by atoms with van der Waals surface area (Å²) in [5.41, 5.74) is 6.24. The molecule has 0 aromatic carbocycles. The highest BCUT2D eigenvalue weighted by molar-refractivity contribution is 5.79. The Hall–Kier alpha value is -1.58. The van der Waals surface area contributed by atoms with Crippen molar-refractivity contribution in [3.63, 3.8) is 0 Å². The predicted octanol–water partition coefficient (Wildman–Crippen LogP) is 0.761. The standard InChI is InChI=1S/C8H11N3O/c9-8(11-12)5-4-7-3-1-2-6-10-7/h1-3,6,12H,4-5H2,(H2,9,11). The molecule has 0 saturated heterocycles. The Kier molecular flexibility index (Phi) is 3.07. The summed E-state index contributed by atoms with van der Waals surface area (Å²) in [6.45, 7) is 0. The van der Waals surface area contributed by atoms with E-state index in [4.69, 9.17) is 10.9 Å². The van der Waals surface area contributed by atoms with Crippen molar-refractivity contribution in [3.05, 3.63) is 30.1 Å². The average molecular weight is 165 g/mol. The lowest BCUT2D eigenvalue weighted by Crippen LogP contribution is -2.12. The van der Waals surface area contributed by atoms with E-state index in [9.17, 15) is 0 Å². The zero-order valence-electron chi connectivity index (χ0n) is 6.64. The van der Waals surface area contributed by atoms with Crippen LogP contribution in [0.25, 0.3) is 0 Å². The third-order valence-corrected chi connectivity index (χ3v) is 1.49. The van der Waals surface area contributed by atoms with Crippen LogP contribution in [0.15, 0.2) is 29.6 Å². The van der Waals surface area contributed by atoms with Crippen LogP contribution < -0.4 is 5.73 Å². The SMILES string of the molecule is N/C(CCc1ccccn1)=N\O. The number of aryl methyl sites for hydroxylation is 1. The second-order valence-electron chi connectivity index (χ2n) is 2.41. The highest BCUT2D eigenvalue weighted by atomic mass is 16.4. The quantitative estimate of drug-likeness (QED) is 0.300. The van der Waals surface area contributed by atoms with E-state index < -0.39 is 0 Å². The Balaban J connectivity index is 2.44. The van der Waals surface area contributed by atoms with E-state index in [0.29, 0.717) is 12.8 Å². The van der Waals surface area contributed by atoms with Gasteiger partial charge in [0.2, 0.25) is 0 Å². The third kappa shape index (κ3) is 2.57. The molecule has 0 aliphatic rings. The molecule has 0 radical (unpaired) electrons. The number of pyridine rings is 1. The first-order chi connectivity index (χ1) is 5.83. The number of nitrogens with two attached hydrogens (primary N) is 1. The molecule has 3 N–H and O–H groups in total. The van der Waals surface area contributed by atoms with E-state index in [1.54, 1.807) is 6.20 Å². The van der Waals surface area contributed by atoms with Crippen molar-refractivity contribution < 1.29 is 5.21 Å². The van der Waals surface area contributed by atoms with Crippen LogP contribution in [0.5, 0.6) is 0 Å². The van der Waals surface area contributed by atoms with E-state index in [1.165, 1.54) is 0 Å². The van der Waals surface area contributed by atoms with Gasteiger partial charge in [0, 0.05) is 18.3 Å². The van der Waals surface area contributed by atoms with Gasteiger partial charge in [-0.25, -0.2) is 0 Å².